The SMILES string of the molecule is OC(C=Cc1ccccc1)C=Cc1ccccc1.OC(C=Cc1ccccc1)C=Cc1ccccc1.[Pd]. The van der Waals surface area contributed by atoms with Crippen molar-refractivity contribution in [2.75, 3.05) is 0 Å². The minimum Gasteiger partial charge on any atom is -0.385 e. The van der Waals surface area contributed by atoms with Gasteiger partial charge in [-0.3, -0.25) is 0 Å². The molecule has 0 fully saturated rings. The van der Waals surface area contributed by atoms with Gasteiger partial charge in [-0.1, -0.05) is 170 Å². The van der Waals surface area contributed by atoms with Crippen LogP contribution in [0.3, 0.4) is 0 Å². The molecule has 0 radical (unpaired) electrons. The molecule has 2 N–H and O–H groups in total. The van der Waals surface area contributed by atoms with Crippen molar-refractivity contribution in [2.45, 2.75) is 12.2 Å². The number of benzene rings is 4. The van der Waals surface area contributed by atoms with Crippen LogP contribution in [0.4, 0.5) is 0 Å². The Labute approximate surface area is 234 Å². The Hall–Kier alpha value is -3.58. The predicted molar refractivity (Wildman–Crippen MR) is 154 cm³/mol. The second kappa shape index (κ2) is 17.8. The smallest absolute Gasteiger partial charge is 0.0909 e. The number of rotatable bonds is 8. The van der Waals surface area contributed by atoms with Crippen LogP contribution < -0.4 is 0 Å². The molecule has 37 heavy (non-hydrogen) atoms. The zero-order chi connectivity index (χ0) is 25.3. The molecule has 0 aliphatic carbocycles. The van der Waals surface area contributed by atoms with E-state index in [1.54, 1.807) is 24.3 Å². The van der Waals surface area contributed by atoms with E-state index in [0.29, 0.717) is 0 Å². The van der Waals surface area contributed by atoms with Crippen molar-refractivity contribution in [3.63, 3.8) is 0 Å². The van der Waals surface area contributed by atoms with Crippen LogP contribution >= 0.6 is 0 Å². The van der Waals surface area contributed by atoms with Gasteiger partial charge in [0.25, 0.3) is 0 Å². The van der Waals surface area contributed by atoms with Gasteiger partial charge in [-0.15, -0.1) is 0 Å². The third-order valence-electron chi connectivity index (χ3n) is 5.14. The molecule has 3 heteroatoms. The first-order valence-corrected chi connectivity index (χ1v) is 12.0. The summed E-state index contributed by atoms with van der Waals surface area (Å²) < 4.78 is 0. The number of hydrogen-bond donors (Lipinski definition) is 2. The van der Waals surface area contributed by atoms with Crippen LogP contribution in [0, 0.1) is 0 Å². The minimum absolute atomic E-state index is 0. The van der Waals surface area contributed by atoms with E-state index >= 15 is 0 Å². The average Bonchev–Trinajstić information content (AvgIpc) is 2.95. The van der Waals surface area contributed by atoms with Gasteiger partial charge in [0.2, 0.25) is 0 Å². The van der Waals surface area contributed by atoms with Gasteiger partial charge in [0.05, 0.1) is 12.2 Å². The predicted octanol–water partition coefficient (Wildman–Crippen LogP) is 7.55. The number of hydrogen-bond acceptors (Lipinski definition) is 2. The zero-order valence-electron chi connectivity index (χ0n) is 20.5. The summed E-state index contributed by atoms with van der Waals surface area (Å²) in [6.07, 6.45) is 13.6. The van der Waals surface area contributed by atoms with Crippen molar-refractivity contribution in [3.05, 3.63) is 168 Å². The first kappa shape index (κ1) is 29.7. The van der Waals surface area contributed by atoms with Gasteiger partial charge in [-0.2, -0.15) is 0 Å². The average molecular weight is 579 g/mol. The molecule has 0 spiro atoms. The summed E-state index contributed by atoms with van der Waals surface area (Å²) in [7, 11) is 0. The molecule has 0 heterocycles. The van der Waals surface area contributed by atoms with Crippen molar-refractivity contribution >= 4 is 24.3 Å². The van der Waals surface area contributed by atoms with Crippen molar-refractivity contribution in [3.8, 4) is 0 Å². The minimum atomic E-state index is -0.564. The van der Waals surface area contributed by atoms with Gasteiger partial charge in [-0.05, 0) is 22.3 Å². The van der Waals surface area contributed by atoms with Crippen LogP contribution in [0.1, 0.15) is 22.3 Å². The van der Waals surface area contributed by atoms with Crippen LogP contribution in [-0.4, -0.2) is 22.4 Å². The normalized spacial score (nSPS) is 12.8. The number of aliphatic hydroxyl groups excluding tert-OH is 2. The Balaban J connectivity index is 0.000000253. The first-order chi connectivity index (χ1) is 17.7. The summed E-state index contributed by atoms with van der Waals surface area (Å²) in [6, 6.07) is 39.8. The molecular weight excluding hydrogens is 547 g/mol. The summed E-state index contributed by atoms with van der Waals surface area (Å²) in [5.74, 6) is 0. The van der Waals surface area contributed by atoms with Crippen LogP contribution in [0.15, 0.2) is 146 Å². The molecular formula is C34H32O2Pd. The fourth-order valence-electron chi connectivity index (χ4n) is 3.22. The van der Waals surface area contributed by atoms with E-state index < -0.39 is 12.2 Å². The van der Waals surface area contributed by atoms with Crippen molar-refractivity contribution in [1.29, 1.82) is 0 Å². The molecule has 0 amide bonds. The van der Waals surface area contributed by atoms with E-state index in [2.05, 4.69) is 0 Å². The molecule has 0 saturated heterocycles. The second-order valence-electron chi connectivity index (χ2n) is 8.06. The Kier molecular flexibility index (Phi) is 14.3. The third kappa shape index (κ3) is 12.8. The molecule has 0 aromatic heterocycles. The maximum Gasteiger partial charge on any atom is 0.0909 e. The summed E-state index contributed by atoms with van der Waals surface area (Å²) in [4.78, 5) is 0. The van der Waals surface area contributed by atoms with Gasteiger partial charge in [0.1, 0.15) is 0 Å². The molecule has 4 aromatic carbocycles. The fourth-order valence-corrected chi connectivity index (χ4v) is 3.22. The molecule has 0 aliphatic heterocycles. The molecule has 0 aliphatic rings. The maximum absolute atomic E-state index is 9.80. The second-order valence-corrected chi connectivity index (χ2v) is 8.06. The largest absolute Gasteiger partial charge is 0.385 e. The maximum atomic E-state index is 9.80. The quantitative estimate of drug-likeness (QED) is 0.212. The van der Waals surface area contributed by atoms with E-state index in [0.717, 1.165) is 22.3 Å². The number of aliphatic hydroxyl groups is 2. The van der Waals surface area contributed by atoms with E-state index in [-0.39, 0.29) is 20.4 Å². The summed E-state index contributed by atoms with van der Waals surface area (Å²) in [6.45, 7) is 0. The van der Waals surface area contributed by atoms with Crippen LogP contribution in [0.5, 0.6) is 0 Å². The topological polar surface area (TPSA) is 40.5 Å². The summed E-state index contributed by atoms with van der Waals surface area (Å²) in [5, 5.41) is 19.6. The van der Waals surface area contributed by atoms with Crippen molar-refractivity contribution in [2.24, 2.45) is 0 Å². The van der Waals surface area contributed by atoms with Gasteiger partial charge >= 0.3 is 0 Å². The van der Waals surface area contributed by atoms with Gasteiger partial charge in [0.15, 0.2) is 0 Å². The standard InChI is InChI=1S/2C17H16O.Pd/c2*18-17(13-11-15-7-3-1-4-8-15)14-12-16-9-5-2-6-10-16;/h2*1-14,17-18H;. The van der Waals surface area contributed by atoms with Crippen molar-refractivity contribution in [1.82, 2.24) is 0 Å². The zero-order valence-corrected chi connectivity index (χ0v) is 22.1. The molecule has 4 aromatic rings. The Bertz CT molecular complexity index is 1030. The van der Waals surface area contributed by atoms with Crippen LogP contribution in [-0.2, 0) is 20.4 Å². The molecule has 0 saturated carbocycles. The van der Waals surface area contributed by atoms with Crippen molar-refractivity contribution < 1.29 is 30.6 Å². The Morgan fingerprint density at radius 3 is 0.730 bits per heavy atom. The molecule has 4 rings (SSSR count). The van der Waals surface area contributed by atoms with E-state index in [1.165, 1.54) is 0 Å². The van der Waals surface area contributed by atoms with E-state index in [4.69, 9.17) is 0 Å². The van der Waals surface area contributed by atoms with E-state index in [9.17, 15) is 10.2 Å². The molecule has 0 atom stereocenters. The first-order valence-electron chi connectivity index (χ1n) is 12.0. The van der Waals surface area contributed by atoms with Gasteiger partial charge in [0, 0.05) is 20.4 Å². The molecule has 0 unspecified atom stereocenters. The summed E-state index contributed by atoms with van der Waals surface area (Å²) >= 11 is 0. The van der Waals surface area contributed by atoms with Crippen LogP contribution in [0.2, 0.25) is 0 Å². The molecule has 190 valence electrons. The molecule has 0 bridgehead atoms. The fraction of sp³-hybridized carbons (Fsp3) is 0.0588. The third-order valence-corrected chi connectivity index (χ3v) is 5.14. The Morgan fingerprint density at radius 2 is 0.541 bits per heavy atom. The monoisotopic (exact) mass is 578 g/mol. The Morgan fingerprint density at radius 1 is 0.351 bits per heavy atom. The summed E-state index contributed by atoms with van der Waals surface area (Å²) in [5.41, 5.74) is 4.35. The van der Waals surface area contributed by atoms with Gasteiger partial charge in [-0.25, -0.2) is 0 Å². The van der Waals surface area contributed by atoms with Gasteiger partial charge < -0.3 is 10.2 Å². The van der Waals surface area contributed by atoms with E-state index in [1.807, 2.05) is 146 Å². The van der Waals surface area contributed by atoms with Crippen LogP contribution in [0.25, 0.3) is 24.3 Å². The molecule has 2 nitrogen and oxygen atoms in total.